The fourth-order valence-electron chi connectivity index (χ4n) is 6.56. The number of aromatic amines is 2. The zero-order chi connectivity index (χ0) is 30.1. The molecule has 0 aromatic carbocycles. The molecule has 0 saturated heterocycles. The molecule has 0 spiro atoms. The summed E-state index contributed by atoms with van der Waals surface area (Å²) in [4.78, 5) is 18.2. The standard InChI is InChI=1S/C34H42I4N4/c1-33(2)19-25-13-23-15-28(22(7-11-37)8-12-38)30(40-23)18-32-34(3,4)20-26(42-32)14-24-16-27(21(5-9-35)6-10-36)29(39-24)17-31(33)41-25/h13-18,21-22,39-40H,5-12,19-20H2,1-4H3. The van der Waals surface area contributed by atoms with E-state index >= 15 is 0 Å². The van der Waals surface area contributed by atoms with Crippen molar-refractivity contribution in [1.29, 1.82) is 0 Å². The average Bonchev–Trinajstić information content (AvgIpc) is 3.63. The lowest BCUT2D eigenvalue weighted by atomic mass is 9.86. The van der Waals surface area contributed by atoms with E-state index in [9.17, 15) is 0 Å². The normalized spacial score (nSPS) is 16.0. The Labute approximate surface area is 305 Å². The number of fused-ring (bicyclic) bond motifs is 8. The maximum Gasteiger partial charge on any atom is 0.0487 e. The van der Waals surface area contributed by atoms with Gasteiger partial charge in [-0.15, -0.1) is 0 Å². The van der Waals surface area contributed by atoms with E-state index in [0.717, 1.165) is 53.0 Å². The number of H-pyrrole nitrogens is 2. The topological polar surface area (TPSA) is 57.4 Å². The molecule has 226 valence electrons. The van der Waals surface area contributed by atoms with Gasteiger partial charge in [-0.3, -0.25) is 9.97 Å². The van der Waals surface area contributed by atoms with Crippen molar-refractivity contribution in [2.24, 2.45) is 0 Å². The first kappa shape index (κ1) is 33.4. The molecule has 0 radical (unpaired) electrons. The fourth-order valence-corrected chi connectivity index (χ4v) is 9.56. The Kier molecular flexibility index (Phi) is 11.3. The number of hydrogen-bond acceptors (Lipinski definition) is 2. The van der Waals surface area contributed by atoms with Crippen molar-refractivity contribution in [2.45, 2.75) is 88.9 Å². The van der Waals surface area contributed by atoms with E-state index in [1.54, 1.807) is 0 Å². The Hall–Kier alpha value is 0.0400. The maximum atomic E-state index is 5.27. The lowest BCUT2D eigenvalue weighted by Gasteiger charge is -2.17. The SMILES string of the molecule is CC1(C)Cc2cc3cc(C(CCI)CCI)c(cc4nc(cc5cc(C(CCI)CCI)c(cc1n2)[nH]5)CC4(C)C)[nH]3. The molecular formula is C34H42I4N4. The molecule has 8 heteroatoms. The van der Waals surface area contributed by atoms with Gasteiger partial charge in [0, 0.05) is 86.2 Å². The number of nitrogens with one attached hydrogen (secondary N) is 2. The van der Waals surface area contributed by atoms with Crippen molar-refractivity contribution < 1.29 is 0 Å². The Balaban J connectivity index is 1.83. The molecule has 0 atom stereocenters. The van der Waals surface area contributed by atoms with E-state index in [2.05, 4.69) is 164 Å². The Morgan fingerprint density at radius 3 is 1.29 bits per heavy atom. The van der Waals surface area contributed by atoms with Gasteiger partial charge in [-0.2, -0.15) is 0 Å². The third kappa shape index (κ3) is 7.53. The number of rotatable bonds is 10. The smallest absolute Gasteiger partial charge is 0.0487 e. The van der Waals surface area contributed by atoms with Crippen LogP contribution < -0.4 is 0 Å². The molecule has 0 saturated carbocycles. The fraction of sp³-hybridized carbons (Fsp3) is 0.529. The van der Waals surface area contributed by atoms with Crippen LogP contribution in [-0.2, 0) is 23.7 Å². The molecule has 3 aromatic rings. The Morgan fingerprint density at radius 2 is 0.952 bits per heavy atom. The molecule has 2 aliphatic rings. The molecule has 0 amide bonds. The van der Waals surface area contributed by atoms with Crippen molar-refractivity contribution in [1.82, 2.24) is 19.9 Å². The second-order valence-electron chi connectivity index (χ2n) is 13.2. The third-order valence-corrected chi connectivity index (χ3v) is 11.4. The van der Waals surface area contributed by atoms with Crippen LogP contribution in [-0.4, -0.2) is 37.6 Å². The van der Waals surface area contributed by atoms with Gasteiger partial charge in [0.2, 0.25) is 0 Å². The van der Waals surface area contributed by atoms with E-state index in [1.165, 1.54) is 59.2 Å². The molecule has 2 N–H and O–H groups in total. The molecule has 5 rings (SSSR count). The Morgan fingerprint density at radius 1 is 0.595 bits per heavy atom. The third-order valence-electron chi connectivity index (χ3n) is 8.88. The van der Waals surface area contributed by atoms with Crippen LogP contribution in [0.2, 0.25) is 0 Å². The van der Waals surface area contributed by atoms with E-state index in [-0.39, 0.29) is 10.8 Å². The van der Waals surface area contributed by atoms with Crippen LogP contribution in [0.25, 0.3) is 22.1 Å². The van der Waals surface area contributed by atoms with Gasteiger partial charge in [-0.25, -0.2) is 0 Å². The first-order valence-electron chi connectivity index (χ1n) is 15.1. The van der Waals surface area contributed by atoms with Crippen molar-refractivity contribution in [3.63, 3.8) is 0 Å². The van der Waals surface area contributed by atoms with Gasteiger partial charge >= 0.3 is 0 Å². The average molecular weight is 1010 g/mol. The van der Waals surface area contributed by atoms with E-state index in [0.29, 0.717) is 11.8 Å². The zero-order valence-electron chi connectivity index (χ0n) is 25.1. The summed E-state index contributed by atoms with van der Waals surface area (Å²) in [6, 6.07) is 14.1. The highest BCUT2D eigenvalue weighted by atomic mass is 127. The van der Waals surface area contributed by atoms with Crippen LogP contribution in [0, 0.1) is 0 Å². The molecule has 0 unspecified atom stereocenters. The number of alkyl halides is 4. The summed E-state index contributed by atoms with van der Waals surface area (Å²) >= 11 is 10.1. The van der Waals surface area contributed by atoms with Gasteiger partial charge in [0.15, 0.2) is 0 Å². The Bertz CT molecular complexity index is 1440. The first-order valence-corrected chi connectivity index (χ1v) is 21.2. The predicted molar refractivity (Wildman–Crippen MR) is 214 cm³/mol. The van der Waals surface area contributed by atoms with Gasteiger partial charge in [0.05, 0.1) is 0 Å². The summed E-state index contributed by atoms with van der Waals surface area (Å²) in [6.45, 7) is 9.34. The van der Waals surface area contributed by atoms with Crippen LogP contribution in [0.5, 0.6) is 0 Å². The summed E-state index contributed by atoms with van der Waals surface area (Å²) in [7, 11) is 0. The molecule has 0 fully saturated rings. The number of aromatic nitrogens is 4. The quantitative estimate of drug-likeness (QED) is 0.157. The molecule has 2 aliphatic heterocycles. The van der Waals surface area contributed by atoms with E-state index in [1.807, 2.05) is 0 Å². The van der Waals surface area contributed by atoms with Crippen molar-refractivity contribution >= 4 is 112 Å². The molecular weight excluding hydrogens is 972 g/mol. The molecule has 42 heavy (non-hydrogen) atoms. The minimum absolute atomic E-state index is 0.0214. The van der Waals surface area contributed by atoms with Gasteiger partial charge < -0.3 is 9.97 Å². The number of nitrogens with zero attached hydrogens (tertiary/aromatic N) is 2. The van der Waals surface area contributed by atoms with Gasteiger partial charge in [0.25, 0.3) is 0 Å². The minimum Gasteiger partial charge on any atom is -0.355 e. The predicted octanol–water partition coefficient (Wildman–Crippen LogP) is 10.8. The van der Waals surface area contributed by atoms with Crippen LogP contribution in [0.4, 0.5) is 0 Å². The zero-order valence-corrected chi connectivity index (χ0v) is 33.7. The van der Waals surface area contributed by atoms with Crippen LogP contribution in [0.1, 0.15) is 99.1 Å². The summed E-state index contributed by atoms with van der Waals surface area (Å²) in [5.41, 5.74) is 12.2. The first-order chi connectivity index (χ1) is 20.1. The molecule has 0 aliphatic carbocycles. The van der Waals surface area contributed by atoms with Gasteiger partial charge in [-0.1, -0.05) is 118 Å². The van der Waals surface area contributed by atoms with Crippen LogP contribution in [0.15, 0.2) is 36.4 Å². The number of hydrogen-bond donors (Lipinski definition) is 2. The van der Waals surface area contributed by atoms with E-state index in [4.69, 9.17) is 9.97 Å². The molecule has 4 nitrogen and oxygen atoms in total. The summed E-state index contributed by atoms with van der Waals surface area (Å²) in [5.74, 6) is 1.08. The van der Waals surface area contributed by atoms with Crippen LogP contribution in [0.3, 0.4) is 0 Å². The number of halogens is 4. The highest BCUT2D eigenvalue weighted by Crippen LogP contribution is 2.37. The largest absolute Gasteiger partial charge is 0.355 e. The van der Waals surface area contributed by atoms with Crippen molar-refractivity contribution in [2.75, 3.05) is 17.7 Å². The van der Waals surface area contributed by atoms with Crippen LogP contribution >= 0.6 is 90.4 Å². The molecule has 3 aromatic heterocycles. The second kappa shape index (κ2) is 14.2. The summed E-state index contributed by atoms with van der Waals surface area (Å²) in [6.07, 6.45) is 6.64. The van der Waals surface area contributed by atoms with Crippen molar-refractivity contribution in [3.05, 3.63) is 70.3 Å². The second-order valence-corrected chi connectivity index (χ2v) is 17.5. The lowest BCUT2D eigenvalue weighted by molar-refractivity contribution is 0.543. The maximum absolute atomic E-state index is 5.27. The van der Waals surface area contributed by atoms with Crippen molar-refractivity contribution in [3.8, 4) is 0 Å². The van der Waals surface area contributed by atoms with Gasteiger partial charge in [0.1, 0.15) is 0 Å². The highest BCUT2D eigenvalue weighted by Gasteiger charge is 2.30. The minimum atomic E-state index is -0.0214. The highest BCUT2D eigenvalue weighted by molar-refractivity contribution is 14.1. The summed E-state index contributed by atoms with van der Waals surface area (Å²) < 4.78 is 4.64. The van der Waals surface area contributed by atoms with E-state index < -0.39 is 0 Å². The summed E-state index contributed by atoms with van der Waals surface area (Å²) in [5, 5.41) is 0. The van der Waals surface area contributed by atoms with Gasteiger partial charge in [-0.05, 0) is 85.0 Å². The molecule has 8 bridgehead atoms. The monoisotopic (exact) mass is 1010 g/mol. The lowest BCUT2D eigenvalue weighted by Crippen LogP contribution is -2.15. The molecule has 5 heterocycles.